The first-order valence-corrected chi connectivity index (χ1v) is 21.8. The molecule has 3 unspecified atom stereocenters. The summed E-state index contributed by atoms with van der Waals surface area (Å²) in [5, 5.41) is 46.3. The molecule has 7 N–H and O–H groups in total. The Morgan fingerprint density at radius 1 is 0.677 bits per heavy atom. The van der Waals surface area contributed by atoms with Gasteiger partial charge in [0.2, 0.25) is 27.7 Å². The first kappa shape index (κ1) is 56.8. The lowest BCUT2D eigenvalue weighted by Gasteiger charge is -2.15. The number of hydrogen-bond donors (Lipinski definition) is 7. The molecule has 0 aromatic carbocycles. The van der Waals surface area contributed by atoms with Gasteiger partial charge in [-0.2, -0.15) is 5.21 Å². The molecule has 1 aromatic heterocycles. The summed E-state index contributed by atoms with van der Waals surface area (Å²) in [6, 6.07) is -1.52. The van der Waals surface area contributed by atoms with Gasteiger partial charge in [-0.25, -0.2) is 13.2 Å². The molecule has 3 atom stereocenters. The van der Waals surface area contributed by atoms with Crippen LogP contribution in [0.25, 0.3) is 0 Å². The average Bonchev–Trinajstić information content (AvgIpc) is 3.71. The quantitative estimate of drug-likeness (QED) is 0.0453. The highest BCUT2D eigenvalue weighted by Gasteiger charge is 2.26. The summed E-state index contributed by atoms with van der Waals surface area (Å²) < 4.78 is 36.9. The Balaban J connectivity index is 0.0000372. The Labute approximate surface area is 360 Å². The van der Waals surface area contributed by atoms with Crippen molar-refractivity contribution in [1.82, 2.24) is 36.0 Å². The average molecular weight is 906 g/mol. The largest absolute Gasteiger partial charge is 0.481 e. The smallest absolute Gasteiger partial charge is 0.326 e. The Kier molecular flexibility index (Phi) is 29.7. The van der Waals surface area contributed by atoms with Crippen molar-refractivity contribution in [1.29, 1.82) is 0 Å². The van der Waals surface area contributed by atoms with E-state index in [9.17, 15) is 66.9 Å². The molecular weight excluding hydrogens is 843 g/mol. The molecule has 0 aliphatic rings. The standard InChI is InChI=1S/C37H59N7O16S.CH4/c1-2-27(45)9-5-3-4-8-25(35(51)52)23-29(47)24-60-20-19-59-18-17-38-32(48)16-13-26(36(53)54)22-28(46)14-15-30(37(55)56)39-33(49)12-7-21-61(57,58)42-34(50)11-6-10-31-40-43-44-41-31;/h25-26,30H,2-24H2,1H3,(H,38,48)(H,39,49)(H,42,50)(H,51,52)(H,53,54)(H,55,56)(H,40,41,43,44);1H4. The Hall–Kier alpha value is -5.23. The van der Waals surface area contributed by atoms with Gasteiger partial charge in [-0.3, -0.25) is 43.1 Å². The fourth-order valence-electron chi connectivity index (χ4n) is 5.69. The number of rotatable bonds is 38. The summed E-state index contributed by atoms with van der Waals surface area (Å²) in [5.74, 6) is -9.09. The lowest BCUT2D eigenvalue weighted by Crippen LogP contribution is -2.41. The van der Waals surface area contributed by atoms with Crippen LogP contribution in [0.4, 0.5) is 0 Å². The van der Waals surface area contributed by atoms with E-state index in [1.165, 1.54) is 0 Å². The van der Waals surface area contributed by atoms with Crippen LogP contribution < -0.4 is 15.4 Å². The second-order valence-corrected chi connectivity index (χ2v) is 16.1. The maximum absolute atomic E-state index is 12.6. The van der Waals surface area contributed by atoms with E-state index in [1.807, 2.05) is 4.72 Å². The molecule has 0 saturated heterocycles. The van der Waals surface area contributed by atoms with Crippen molar-refractivity contribution >= 4 is 63.0 Å². The SMILES string of the molecule is C.CCC(=O)CCCCCC(CC(=O)COCCOCCNC(=O)CCC(CC(=O)CCC(NC(=O)CCCS(=O)(=O)NC(=O)CCCc1nn[nH]n1)C(=O)O)C(=O)O)C(=O)O. The fraction of sp³-hybridized carbons (Fsp3) is 0.737. The van der Waals surface area contributed by atoms with Gasteiger partial charge in [0.1, 0.15) is 24.2 Å². The van der Waals surface area contributed by atoms with Gasteiger partial charge in [0.15, 0.2) is 11.6 Å². The number of unbranched alkanes of at least 4 members (excludes halogenated alkanes) is 2. The molecule has 24 heteroatoms. The van der Waals surface area contributed by atoms with Gasteiger partial charge in [0.05, 0.1) is 37.4 Å². The van der Waals surface area contributed by atoms with Crippen LogP contribution >= 0.6 is 0 Å². The van der Waals surface area contributed by atoms with Crippen molar-refractivity contribution < 1.29 is 76.4 Å². The number of H-pyrrole nitrogens is 1. The van der Waals surface area contributed by atoms with Gasteiger partial charge in [0, 0.05) is 64.3 Å². The number of carbonyl (C=O) groups excluding carboxylic acids is 6. The predicted molar refractivity (Wildman–Crippen MR) is 218 cm³/mol. The van der Waals surface area contributed by atoms with Gasteiger partial charge < -0.3 is 35.4 Å². The van der Waals surface area contributed by atoms with Crippen LogP contribution in [0, 0.1) is 11.8 Å². The summed E-state index contributed by atoms with van der Waals surface area (Å²) in [5.41, 5.74) is 0. The molecule has 0 aliphatic heterocycles. The summed E-state index contributed by atoms with van der Waals surface area (Å²) in [4.78, 5) is 108. The molecule has 0 radical (unpaired) electrons. The number of tetrazole rings is 1. The number of carboxylic acids is 3. The fourth-order valence-corrected chi connectivity index (χ4v) is 6.76. The lowest BCUT2D eigenvalue weighted by atomic mass is 9.94. The zero-order valence-electron chi connectivity index (χ0n) is 34.4. The summed E-state index contributed by atoms with van der Waals surface area (Å²) in [7, 11) is -4.08. The molecule has 3 amide bonds. The van der Waals surface area contributed by atoms with Crippen LogP contribution in [-0.4, -0.2) is 142 Å². The maximum atomic E-state index is 12.6. The molecule has 1 aromatic rings. The normalized spacial score (nSPS) is 12.5. The number of aromatic amines is 1. The number of aliphatic carboxylic acids is 3. The van der Waals surface area contributed by atoms with E-state index in [0.717, 1.165) is 0 Å². The monoisotopic (exact) mass is 905 g/mol. The number of aromatic nitrogens is 4. The maximum Gasteiger partial charge on any atom is 0.326 e. The zero-order chi connectivity index (χ0) is 45.6. The van der Waals surface area contributed by atoms with E-state index in [0.29, 0.717) is 50.8 Å². The molecule has 1 rings (SSSR count). The second kappa shape index (κ2) is 32.5. The van der Waals surface area contributed by atoms with Crippen molar-refractivity contribution in [2.24, 2.45) is 11.8 Å². The molecule has 62 heavy (non-hydrogen) atoms. The van der Waals surface area contributed by atoms with E-state index in [2.05, 4.69) is 31.3 Å². The van der Waals surface area contributed by atoms with E-state index in [4.69, 9.17) is 9.47 Å². The minimum absolute atomic E-state index is 0. The summed E-state index contributed by atoms with van der Waals surface area (Å²) in [6.45, 7) is 1.76. The minimum atomic E-state index is -4.08. The molecule has 0 fully saturated rings. The first-order chi connectivity index (χ1) is 28.9. The van der Waals surface area contributed by atoms with Gasteiger partial charge in [-0.1, -0.05) is 32.4 Å². The molecule has 0 spiro atoms. The van der Waals surface area contributed by atoms with Crippen molar-refractivity contribution in [2.75, 3.05) is 38.7 Å². The molecule has 0 bridgehead atoms. The third-order valence-corrected chi connectivity index (χ3v) is 10.5. The minimum Gasteiger partial charge on any atom is -0.481 e. The number of aryl methyl sites for hydroxylation is 1. The number of nitrogens with zero attached hydrogens (tertiary/aromatic N) is 3. The van der Waals surface area contributed by atoms with Crippen molar-refractivity contribution in [3.8, 4) is 0 Å². The highest BCUT2D eigenvalue weighted by atomic mass is 32.2. The van der Waals surface area contributed by atoms with Crippen LogP contribution in [0.5, 0.6) is 0 Å². The summed E-state index contributed by atoms with van der Waals surface area (Å²) >= 11 is 0. The topological polar surface area (TPSA) is 357 Å². The number of ketones is 3. The number of carbonyl (C=O) groups is 9. The zero-order valence-corrected chi connectivity index (χ0v) is 35.2. The van der Waals surface area contributed by atoms with E-state index in [1.54, 1.807) is 6.92 Å². The molecule has 1 heterocycles. The Morgan fingerprint density at radius 3 is 1.98 bits per heavy atom. The third kappa shape index (κ3) is 28.3. The van der Waals surface area contributed by atoms with Crippen LogP contribution in [0.15, 0.2) is 0 Å². The van der Waals surface area contributed by atoms with Gasteiger partial charge in [-0.05, 0) is 38.5 Å². The van der Waals surface area contributed by atoms with Crippen LogP contribution in [0.3, 0.4) is 0 Å². The third-order valence-electron chi connectivity index (χ3n) is 9.10. The van der Waals surface area contributed by atoms with Gasteiger partial charge in [-0.15, -0.1) is 10.2 Å². The molecule has 0 aliphatic carbocycles. The highest BCUT2D eigenvalue weighted by molar-refractivity contribution is 7.90. The Bertz CT molecular complexity index is 1690. The number of nitrogens with one attached hydrogen (secondary N) is 4. The van der Waals surface area contributed by atoms with Gasteiger partial charge in [0.25, 0.3) is 0 Å². The summed E-state index contributed by atoms with van der Waals surface area (Å²) in [6.07, 6.45) is 1.15. The number of amides is 3. The lowest BCUT2D eigenvalue weighted by molar-refractivity contribution is -0.145. The molecule has 352 valence electrons. The number of sulfonamides is 1. The number of carboxylic acid groups (broad SMARTS) is 3. The number of Topliss-reactive ketones (excluding diaryl/α,β-unsaturated/α-hetero) is 3. The second-order valence-electron chi connectivity index (χ2n) is 14.2. The van der Waals surface area contributed by atoms with E-state index < -0.39 is 94.3 Å². The Morgan fingerprint density at radius 2 is 1.34 bits per heavy atom. The number of hydrogen-bond acceptors (Lipinski definition) is 16. The van der Waals surface area contributed by atoms with Crippen LogP contribution in [-0.2, 0) is 69.1 Å². The molecule has 23 nitrogen and oxygen atoms in total. The molecular formula is C38H63N7O16S. The van der Waals surface area contributed by atoms with E-state index >= 15 is 0 Å². The van der Waals surface area contributed by atoms with Crippen molar-refractivity contribution in [3.05, 3.63) is 5.82 Å². The first-order valence-electron chi connectivity index (χ1n) is 20.1. The van der Waals surface area contributed by atoms with E-state index in [-0.39, 0.29) is 96.9 Å². The highest BCUT2D eigenvalue weighted by Crippen LogP contribution is 2.17. The van der Waals surface area contributed by atoms with Crippen LogP contribution in [0.2, 0.25) is 0 Å². The van der Waals surface area contributed by atoms with Crippen molar-refractivity contribution in [2.45, 2.75) is 130 Å². The number of ether oxygens (including phenoxy) is 2. The van der Waals surface area contributed by atoms with Crippen LogP contribution in [0.1, 0.15) is 123 Å². The predicted octanol–water partition coefficient (Wildman–Crippen LogP) is 0.914. The van der Waals surface area contributed by atoms with Crippen molar-refractivity contribution in [3.63, 3.8) is 0 Å². The molecule has 0 saturated carbocycles. The van der Waals surface area contributed by atoms with Gasteiger partial charge >= 0.3 is 17.9 Å².